The second-order valence-electron chi connectivity index (χ2n) is 3.00. The van der Waals surface area contributed by atoms with Crippen LogP contribution >= 0.6 is 0 Å². The fourth-order valence-electron chi connectivity index (χ4n) is 1.27. The summed E-state index contributed by atoms with van der Waals surface area (Å²) in [6, 6.07) is 5.67. The summed E-state index contributed by atoms with van der Waals surface area (Å²) in [7, 11) is 1.59. The Balaban J connectivity index is 2.82. The van der Waals surface area contributed by atoms with Crippen LogP contribution in [0.2, 0.25) is 0 Å². The Morgan fingerprint density at radius 1 is 1.36 bits per heavy atom. The van der Waals surface area contributed by atoms with Crippen molar-refractivity contribution in [2.24, 2.45) is 0 Å². The van der Waals surface area contributed by atoms with Crippen molar-refractivity contribution in [3.8, 4) is 5.75 Å². The Labute approximate surface area is 84.3 Å². The first-order valence-electron chi connectivity index (χ1n) is 4.66. The lowest BCUT2D eigenvalue weighted by molar-refractivity contribution is 0.0504. The van der Waals surface area contributed by atoms with E-state index in [-0.39, 0.29) is 13.4 Å². The molecular weight excluding hydrogens is 180 g/mol. The number of aliphatic hydroxyl groups is 1. The smallest absolute Gasteiger partial charge is 0.188 e. The number of methoxy groups -OCH3 is 1. The minimum absolute atomic E-state index is 0.0670. The predicted molar refractivity (Wildman–Crippen MR) is 54.2 cm³/mol. The van der Waals surface area contributed by atoms with Crippen molar-refractivity contribution >= 4 is 0 Å². The van der Waals surface area contributed by atoms with Crippen LogP contribution in [-0.4, -0.2) is 19.0 Å². The zero-order chi connectivity index (χ0) is 10.4. The molecular formula is C11H16O3. The molecule has 0 radical (unpaired) electrons. The Hall–Kier alpha value is -1.06. The van der Waals surface area contributed by atoms with Gasteiger partial charge in [0.2, 0.25) is 0 Å². The van der Waals surface area contributed by atoms with Crippen molar-refractivity contribution in [1.82, 2.24) is 0 Å². The van der Waals surface area contributed by atoms with E-state index in [4.69, 9.17) is 14.6 Å². The second-order valence-corrected chi connectivity index (χ2v) is 3.00. The van der Waals surface area contributed by atoms with Crippen molar-refractivity contribution < 1.29 is 14.6 Å². The van der Waals surface area contributed by atoms with E-state index >= 15 is 0 Å². The Morgan fingerprint density at radius 2 is 2.14 bits per heavy atom. The first-order valence-corrected chi connectivity index (χ1v) is 4.66. The highest BCUT2D eigenvalue weighted by atomic mass is 16.7. The molecule has 1 aromatic carbocycles. The van der Waals surface area contributed by atoms with Gasteiger partial charge in [0, 0.05) is 7.11 Å². The van der Waals surface area contributed by atoms with Crippen molar-refractivity contribution in [2.75, 3.05) is 13.9 Å². The number of benzene rings is 1. The van der Waals surface area contributed by atoms with Gasteiger partial charge in [-0.3, -0.25) is 0 Å². The second kappa shape index (κ2) is 5.62. The van der Waals surface area contributed by atoms with Gasteiger partial charge < -0.3 is 14.6 Å². The van der Waals surface area contributed by atoms with Gasteiger partial charge in [-0.15, -0.1) is 0 Å². The number of ether oxygens (including phenoxy) is 2. The molecule has 0 saturated carbocycles. The van der Waals surface area contributed by atoms with E-state index in [1.807, 2.05) is 18.2 Å². The first kappa shape index (κ1) is 11.0. The van der Waals surface area contributed by atoms with Gasteiger partial charge in [-0.25, -0.2) is 0 Å². The lowest BCUT2D eigenvalue weighted by Crippen LogP contribution is -2.01. The number of aliphatic hydroxyl groups excluding tert-OH is 1. The summed E-state index contributed by atoms with van der Waals surface area (Å²) < 4.78 is 10.2. The van der Waals surface area contributed by atoms with E-state index < -0.39 is 0 Å². The molecule has 0 aliphatic heterocycles. The van der Waals surface area contributed by atoms with E-state index in [0.29, 0.717) is 0 Å². The van der Waals surface area contributed by atoms with Crippen molar-refractivity contribution in [3.63, 3.8) is 0 Å². The van der Waals surface area contributed by atoms with Gasteiger partial charge in [-0.05, 0) is 29.7 Å². The van der Waals surface area contributed by atoms with Gasteiger partial charge in [0.05, 0.1) is 6.61 Å². The highest BCUT2D eigenvalue weighted by molar-refractivity contribution is 5.37. The summed E-state index contributed by atoms with van der Waals surface area (Å²) in [5.74, 6) is 0.826. The quantitative estimate of drug-likeness (QED) is 0.729. The predicted octanol–water partition coefficient (Wildman–Crippen LogP) is 1.72. The topological polar surface area (TPSA) is 38.7 Å². The summed E-state index contributed by atoms with van der Waals surface area (Å²) in [6.45, 7) is 2.37. The number of hydrogen-bond donors (Lipinski definition) is 1. The highest BCUT2D eigenvalue weighted by Gasteiger charge is 2.02. The molecule has 0 heterocycles. The van der Waals surface area contributed by atoms with Crippen molar-refractivity contribution in [1.29, 1.82) is 0 Å². The molecule has 0 atom stereocenters. The van der Waals surface area contributed by atoms with Gasteiger partial charge in [0.1, 0.15) is 5.75 Å². The molecule has 78 valence electrons. The minimum Gasteiger partial charge on any atom is -0.467 e. The molecule has 0 unspecified atom stereocenters. The Bertz CT molecular complexity index is 284. The lowest BCUT2D eigenvalue weighted by atomic mass is 10.1. The summed E-state index contributed by atoms with van der Waals surface area (Å²) in [6.07, 6.45) is 0.882. The van der Waals surface area contributed by atoms with E-state index in [0.717, 1.165) is 23.3 Å². The molecule has 3 nitrogen and oxygen atoms in total. The molecule has 0 saturated heterocycles. The van der Waals surface area contributed by atoms with Gasteiger partial charge in [0.15, 0.2) is 6.79 Å². The van der Waals surface area contributed by atoms with Crippen LogP contribution in [-0.2, 0) is 17.8 Å². The third kappa shape index (κ3) is 2.72. The number of aryl methyl sites for hydroxylation is 1. The molecule has 0 aromatic heterocycles. The molecule has 0 aliphatic rings. The van der Waals surface area contributed by atoms with Crippen LogP contribution in [0, 0.1) is 0 Å². The third-order valence-corrected chi connectivity index (χ3v) is 2.02. The molecule has 1 N–H and O–H groups in total. The zero-order valence-electron chi connectivity index (χ0n) is 8.62. The van der Waals surface area contributed by atoms with E-state index in [1.54, 1.807) is 7.11 Å². The zero-order valence-corrected chi connectivity index (χ0v) is 8.62. The van der Waals surface area contributed by atoms with Crippen LogP contribution in [0.3, 0.4) is 0 Å². The average Bonchev–Trinajstić information content (AvgIpc) is 2.26. The fourth-order valence-corrected chi connectivity index (χ4v) is 1.27. The molecule has 3 heteroatoms. The van der Waals surface area contributed by atoms with Gasteiger partial charge in [-0.2, -0.15) is 0 Å². The maximum atomic E-state index is 8.96. The third-order valence-electron chi connectivity index (χ3n) is 2.02. The molecule has 0 aliphatic carbocycles. The summed E-state index contributed by atoms with van der Waals surface area (Å²) >= 11 is 0. The number of rotatable bonds is 5. The van der Waals surface area contributed by atoms with Gasteiger partial charge >= 0.3 is 0 Å². The molecule has 0 fully saturated rings. The molecule has 0 amide bonds. The average molecular weight is 196 g/mol. The highest BCUT2D eigenvalue weighted by Crippen LogP contribution is 2.20. The maximum absolute atomic E-state index is 8.96. The van der Waals surface area contributed by atoms with E-state index in [2.05, 4.69) is 6.92 Å². The maximum Gasteiger partial charge on any atom is 0.188 e. The van der Waals surface area contributed by atoms with E-state index in [9.17, 15) is 0 Å². The molecule has 14 heavy (non-hydrogen) atoms. The van der Waals surface area contributed by atoms with Gasteiger partial charge in [0.25, 0.3) is 0 Å². The first-order chi connectivity index (χ1) is 6.81. The van der Waals surface area contributed by atoms with Gasteiger partial charge in [-0.1, -0.05) is 13.0 Å². The molecule has 1 aromatic rings. The van der Waals surface area contributed by atoms with Crippen LogP contribution in [0.5, 0.6) is 5.75 Å². The van der Waals surface area contributed by atoms with Crippen LogP contribution in [0.1, 0.15) is 18.1 Å². The molecule has 0 spiro atoms. The fraction of sp³-hybridized carbons (Fsp3) is 0.455. The van der Waals surface area contributed by atoms with Crippen LogP contribution < -0.4 is 4.74 Å². The van der Waals surface area contributed by atoms with Crippen molar-refractivity contribution in [2.45, 2.75) is 20.0 Å². The van der Waals surface area contributed by atoms with E-state index in [1.165, 1.54) is 0 Å². The van der Waals surface area contributed by atoms with Crippen molar-refractivity contribution in [3.05, 3.63) is 29.3 Å². The van der Waals surface area contributed by atoms with Crippen LogP contribution in [0.25, 0.3) is 0 Å². The summed E-state index contributed by atoms with van der Waals surface area (Å²) in [5, 5.41) is 8.96. The number of hydrogen-bond acceptors (Lipinski definition) is 3. The molecule has 1 rings (SSSR count). The Kier molecular flexibility index (Phi) is 4.43. The standard InChI is InChI=1S/C11H16O3/c1-3-10-6-9(7-12)4-5-11(10)14-8-13-2/h4-6,12H,3,7-8H2,1-2H3. The normalized spacial score (nSPS) is 10.2. The Morgan fingerprint density at radius 3 is 2.71 bits per heavy atom. The summed E-state index contributed by atoms with van der Waals surface area (Å²) in [5.41, 5.74) is 2.00. The van der Waals surface area contributed by atoms with Crippen LogP contribution in [0.4, 0.5) is 0 Å². The SMILES string of the molecule is CCc1cc(CO)ccc1OCOC. The largest absolute Gasteiger partial charge is 0.467 e. The lowest BCUT2D eigenvalue weighted by Gasteiger charge is -2.10. The van der Waals surface area contributed by atoms with Crippen LogP contribution in [0.15, 0.2) is 18.2 Å². The summed E-state index contributed by atoms with van der Waals surface area (Å²) in [4.78, 5) is 0. The monoisotopic (exact) mass is 196 g/mol. The molecule has 0 bridgehead atoms. The minimum atomic E-state index is 0.0670.